The first-order chi connectivity index (χ1) is 9.25. The zero-order chi connectivity index (χ0) is 15.3. The Labute approximate surface area is 119 Å². The molecular formula is C13H20N2O4S. The zero-order valence-electron chi connectivity index (χ0n) is 11.8. The summed E-state index contributed by atoms with van der Waals surface area (Å²) < 4.78 is 28.5. The summed E-state index contributed by atoms with van der Waals surface area (Å²) >= 11 is 0. The number of nitrogens with one attached hydrogen (secondary N) is 1. The summed E-state index contributed by atoms with van der Waals surface area (Å²) in [6.07, 6.45) is 0.00978. The highest BCUT2D eigenvalue weighted by molar-refractivity contribution is 7.89. The van der Waals surface area contributed by atoms with Crippen molar-refractivity contribution < 1.29 is 17.9 Å². The molecule has 3 N–H and O–H groups in total. The predicted octanol–water partition coefficient (Wildman–Crippen LogP) is 0.936. The molecule has 112 valence electrons. The monoisotopic (exact) mass is 300 g/mol. The number of sulfonamides is 1. The van der Waals surface area contributed by atoms with Crippen LogP contribution in [-0.4, -0.2) is 27.0 Å². The highest BCUT2D eigenvalue weighted by Crippen LogP contribution is 2.24. The van der Waals surface area contributed by atoms with Gasteiger partial charge in [-0.05, 0) is 38.0 Å². The molecule has 20 heavy (non-hydrogen) atoms. The predicted molar refractivity (Wildman–Crippen MR) is 75.9 cm³/mol. The van der Waals surface area contributed by atoms with Crippen LogP contribution in [-0.2, 0) is 14.8 Å². The quantitative estimate of drug-likeness (QED) is 0.816. The van der Waals surface area contributed by atoms with Crippen LogP contribution in [0, 0.1) is 6.92 Å². The first kappa shape index (κ1) is 16.5. The molecule has 0 fully saturated rings. The van der Waals surface area contributed by atoms with Gasteiger partial charge in [0.05, 0.1) is 0 Å². The van der Waals surface area contributed by atoms with Crippen molar-refractivity contribution in [1.29, 1.82) is 0 Å². The smallest absolute Gasteiger partial charge is 0.260 e. The molecule has 0 saturated heterocycles. The Hall–Kier alpha value is -1.60. The first-order valence-electron chi connectivity index (χ1n) is 6.33. The Kier molecular flexibility index (Phi) is 5.52. The molecule has 0 aliphatic carbocycles. The summed E-state index contributed by atoms with van der Waals surface area (Å²) in [5.74, 6) is -0.218. The number of rotatable bonds is 6. The molecule has 6 nitrogen and oxygen atoms in total. The summed E-state index contributed by atoms with van der Waals surface area (Å²) in [5, 5.41) is 7.83. The number of carbonyl (C=O) groups excluding carboxylic acids is 1. The van der Waals surface area contributed by atoms with Gasteiger partial charge in [0.25, 0.3) is 5.91 Å². The van der Waals surface area contributed by atoms with Gasteiger partial charge in [-0.3, -0.25) is 4.79 Å². The maximum atomic E-state index is 11.7. The molecule has 1 atom stereocenters. The number of primary sulfonamides is 1. The van der Waals surface area contributed by atoms with E-state index in [1.165, 1.54) is 12.1 Å². The molecule has 1 aromatic rings. The van der Waals surface area contributed by atoms with Crippen molar-refractivity contribution in [2.45, 2.75) is 38.2 Å². The Morgan fingerprint density at radius 2 is 2.10 bits per heavy atom. The highest BCUT2D eigenvalue weighted by Gasteiger charge is 2.20. The molecule has 0 saturated carbocycles. The van der Waals surface area contributed by atoms with E-state index in [2.05, 4.69) is 5.32 Å². The molecule has 0 aromatic heterocycles. The van der Waals surface area contributed by atoms with Crippen LogP contribution in [0.25, 0.3) is 0 Å². The van der Waals surface area contributed by atoms with Crippen LogP contribution >= 0.6 is 0 Å². The SMILES string of the molecule is CCCNC(=O)C(C)Oc1ccc(C)cc1S(N)(=O)=O. The fourth-order valence-electron chi connectivity index (χ4n) is 1.57. The summed E-state index contributed by atoms with van der Waals surface area (Å²) in [5.41, 5.74) is 0.740. The fourth-order valence-corrected chi connectivity index (χ4v) is 2.32. The van der Waals surface area contributed by atoms with Crippen molar-refractivity contribution in [2.75, 3.05) is 6.54 Å². The zero-order valence-corrected chi connectivity index (χ0v) is 12.7. The largest absolute Gasteiger partial charge is 0.479 e. The number of aryl methyl sites for hydroxylation is 1. The second-order valence-electron chi connectivity index (χ2n) is 4.55. The number of ether oxygens (including phenoxy) is 1. The van der Waals surface area contributed by atoms with Crippen LogP contribution in [0.3, 0.4) is 0 Å². The molecule has 0 radical (unpaired) electrons. The van der Waals surface area contributed by atoms with Gasteiger partial charge in [-0.15, -0.1) is 0 Å². The van der Waals surface area contributed by atoms with Crippen molar-refractivity contribution in [3.8, 4) is 5.75 Å². The van der Waals surface area contributed by atoms with Gasteiger partial charge in [0.2, 0.25) is 10.0 Å². The lowest BCUT2D eigenvalue weighted by molar-refractivity contribution is -0.127. The second-order valence-corrected chi connectivity index (χ2v) is 6.08. The third-order valence-electron chi connectivity index (χ3n) is 2.63. The van der Waals surface area contributed by atoms with Crippen LogP contribution in [0.5, 0.6) is 5.75 Å². The van der Waals surface area contributed by atoms with Crippen LogP contribution < -0.4 is 15.2 Å². The highest BCUT2D eigenvalue weighted by atomic mass is 32.2. The van der Waals surface area contributed by atoms with Crippen molar-refractivity contribution in [3.05, 3.63) is 23.8 Å². The van der Waals surface area contributed by atoms with E-state index >= 15 is 0 Å². The molecule has 1 unspecified atom stereocenters. The Morgan fingerprint density at radius 1 is 1.45 bits per heavy atom. The lowest BCUT2D eigenvalue weighted by Crippen LogP contribution is -2.37. The lowest BCUT2D eigenvalue weighted by Gasteiger charge is -2.16. The maximum absolute atomic E-state index is 11.7. The number of hydrogen-bond acceptors (Lipinski definition) is 4. The fraction of sp³-hybridized carbons (Fsp3) is 0.462. The molecular weight excluding hydrogens is 280 g/mol. The first-order valence-corrected chi connectivity index (χ1v) is 7.88. The average molecular weight is 300 g/mol. The molecule has 0 spiro atoms. The summed E-state index contributed by atoms with van der Waals surface area (Å²) in [4.78, 5) is 11.6. The second kappa shape index (κ2) is 6.71. The minimum absolute atomic E-state index is 0.0808. The summed E-state index contributed by atoms with van der Waals surface area (Å²) in [6, 6.07) is 4.61. The molecule has 1 rings (SSSR count). The van der Waals surface area contributed by atoms with Gasteiger partial charge in [-0.2, -0.15) is 0 Å². The van der Waals surface area contributed by atoms with Crippen molar-refractivity contribution >= 4 is 15.9 Å². The Bertz CT molecular complexity index is 584. The van der Waals surface area contributed by atoms with Crippen LogP contribution in [0.1, 0.15) is 25.8 Å². The molecule has 0 bridgehead atoms. The minimum Gasteiger partial charge on any atom is -0.479 e. The molecule has 0 heterocycles. The van der Waals surface area contributed by atoms with Crippen LogP contribution in [0.15, 0.2) is 23.1 Å². The van der Waals surface area contributed by atoms with Gasteiger partial charge in [0, 0.05) is 6.54 Å². The standard InChI is InChI=1S/C13H20N2O4S/c1-4-7-15-13(16)10(3)19-11-6-5-9(2)8-12(11)20(14,17)18/h5-6,8,10H,4,7H2,1-3H3,(H,15,16)(H2,14,17,18). The van der Waals surface area contributed by atoms with Crippen molar-refractivity contribution in [3.63, 3.8) is 0 Å². The normalized spacial score (nSPS) is 12.8. The van der Waals surface area contributed by atoms with Gasteiger partial charge in [-0.25, -0.2) is 13.6 Å². The van der Waals surface area contributed by atoms with Crippen molar-refractivity contribution in [1.82, 2.24) is 5.32 Å². The number of nitrogens with two attached hydrogens (primary N) is 1. The molecule has 7 heteroatoms. The van der Waals surface area contributed by atoms with Gasteiger partial charge in [0.1, 0.15) is 10.6 Å². The van der Waals surface area contributed by atoms with Crippen LogP contribution in [0.4, 0.5) is 0 Å². The van der Waals surface area contributed by atoms with E-state index in [1.807, 2.05) is 6.92 Å². The van der Waals surface area contributed by atoms with E-state index in [0.29, 0.717) is 6.54 Å². The van der Waals surface area contributed by atoms with Gasteiger partial charge in [0.15, 0.2) is 6.10 Å². The third kappa shape index (κ3) is 4.50. The van der Waals surface area contributed by atoms with E-state index in [-0.39, 0.29) is 16.6 Å². The Morgan fingerprint density at radius 3 is 2.65 bits per heavy atom. The number of amides is 1. The van der Waals surface area contributed by atoms with E-state index < -0.39 is 16.1 Å². The summed E-state index contributed by atoms with van der Waals surface area (Å²) in [6.45, 7) is 5.78. The lowest BCUT2D eigenvalue weighted by atomic mass is 10.2. The third-order valence-corrected chi connectivity index (χ3v) is 3.56. The van der Waals surface area contributed by atoms with Crippen LogP contribution in [0.2, 0.25) is 0 Å². The molecule has 1 amide bonds. The van der Waals surface area contributed by atoms with E-state index in [1.54, 1.807) is 19.9 Å². The van der Waals surface area contributed by atoms with E-state index in [0.717, 1.165) is 12.0 Å². The number of benzene rings is 1. The maximum Gasteiger partial charge on any atom is 0.260 e. The molecule has 0 aliphatic heterocycles. The van der Waals surface area contributed by atoms with Gasteiger partial charge >= 0.3 is 0 Å². The minimum atomic E-state index is -3.90. The molecule has 0 aliphatic rings. The number of hydrogen-bond donors (Lipinski definition) is 2. The number of carbonyl (C=O) groups is 1. The molecule has 1 aromatic carbocycles. The van der Waals surface area contributed by atoms with Crippen molar-refractivity contribution in [2.24, 2.45) is 5.14 Å². The average Bonchev–Trinajstić information content (AvgIpc) is 2.36. The van der Waals surface area contributed by atoms with Gasteiger partial charge in [-0.1, -0.05) is 13.0 Å². The topological polar surface area (TPSA) is 98.5 Å². The van der Waals surface area contributed by atoms with E-state index in [4.69, 9.17) is 9.88 Å². The summed E-state index contributed by atoms with van der Waals surface area (Å²) in [7, 11) is -3.90. The Balaban J connectivity index is 2.95. The van der Waals surface area contributed by atoms with E-state index in [9.17, 15) is 13.2 Å². The van der Waals surface area contributed by atoms with Gasteiger partial charge < -0.3 is 10.1 Å².